The summed E-state index contributed by atoms with van der Waals surface area (Å²) in [6.45, 7) is 1.18. The molecule has 8 nitrogen and oxygen atoms in total. The molecule has 228 valence electrons. The second-order valence-electron chi connectivity index (χ2n) is 11.4. The van der Waals surface area contributed by atoms with Gasteiger partial charge in [0, 0.05) is 58.0 Å². The fourth-order valence-electron chi connectivity index (χ4n) is 6.04. The van der Waals surface area contributed by atoms with Crippen molar-refractivity contribution in [2.24, 2.45) is 5.73 Å². The molecule has 1 aromatic carbocycles. The lowest BCUT2D eigenvalue weighted by Gasteiger charge is -2.09. The van der Waals surface area contributed by atoms with Crippen LogP contribution in [-0.2, 0) is 0 Å². The third kappa shape index (κ3) is 5.74. The third-order valence-corrected chi connectivity index (χ3v) is 8.23. The number of hydrogen-bond acceptors (Lipinski definition) is 6. The molecule has 0 atom stereocenters. The summed E-state index contributed by atoms with van der Waals surface area (Å²) in [6.07, 6.45) is 16.3. The summed E-state index contributed by atoms with van der Waals surface area (Å²) in [5.41, 5.74) is 18.9. The van der Waals surface area contributed by atoms with E-state index in [0.29, 0.717) is 13.2 Å². The molecule has 5 aromatic heterocycles. The highest BCUT2D eigenvalue weighted by molar-refractivity contribution is 6.00. The van der Waals surface area contributed by atoms with Crippen molar-refractivity contribution >= 4 is 46.4 Å². The Labute approximate surface area is 271 Å². The molecule has 7 heterocycles. The first kappa shape index (κ1) is 28.4. The van der Waals surface area contributed by atoms with E-state index in [9.17, 15) is 0 Å². The number of hydrogen-bond donors (Lipinski definition) is 3. The molecule has 8 rings (SSSR count). The van der Waals surface area contributed by atoms with Crippen molar-refractivity contribution in [2.45, 2.75) is 6.42 Å². The molecule has 47 heavy (non-hydrogen) atoms. The zero-order valence-corrected chi connectivity index (χ0v) is 25.5. The molecule has 0 unspecified atom stereocenters. The van der Waals surface area contributed by atoms with Crippen molar-refractivity contribution in [1.82, 2.24) is 29.9 Å². The van der Waals surface area contributed by atoms with Crippen molar-refractivity contribution in [3.8, 4) is 39.1 Å². The summed E-state index contributed by atoms with van der Waals surface area (Å²) in [4.78, 5) is 26.1. The highest BCUT2D eigenvalue weighted by Crippen LogP contribution is 2.38. The number of benzene rings is 1. The van der Waals surface area contributed by atoms with Gasteiger partial charge in [0.1, 0.15) is 5.75 Å². The van der Waals surface area contributed by atoms with E-state index in [2.05, 4.69) is 74.6 Å². The van der Waals surface area contributed by atoms with Crippen molar-refractivity contribution in [2.75, 3.05) is 13.2 Å². The third-order valence-electron chi connectivity index (χ3n) is 8.23. The second kappa shape index (κ2) is 12.3. The van der Waals surface area contributed by atoms with E-state index >= 15 is 0 Å². The number of nitrogens with two attached hydrogens (primary N) is 1. The quantitative estimate of drug-likeness (QED) is 0.156. The van der Waals surface area contributed by atoms with Crippen LogP contribution in [-0.4, -0.2) is 43.1 Å². The fraction of sp³-hybridized carbons (Fsp3) is 0.0769. The smallest absolute Gasteiger partial charge is 0.119 e. The highest BCUT2D eigenvalue weighted by Gasteiger charge is 2.18. The van der Waals surface area contributed by atoms with Crippen LogP contribution in [0.25, 0.3) is 79.8 Å². The zero-order chi connectivity index (χ0) is 31.6. The summed E-state index contributed by atoms with van der Waals surface area (Å²) in [6, 6.07) is 26.7. The van der Waals surface area contributed by atoms with Crippen LogP contribution in [0.2, 0.25) is 0 Å². The van der Waals surface area contributed by atoms with Gasteiger partial charge in [0.15, 0.2) is 0 Å². The molecule has 0 radical (unpaired) electrons. The highest BCUT2D eigenvalue weighted by atomic mass is 16.5. The van der Waals surface area contributed by atoms with E-state index in [-0.39, 0.29) is 0 Å². The summed E-state index contributed by atoms with van der Waals surface area (Å²) in [5, 5.41) is 0. The van der Waals surface area contributed by atoms with Crippen LogP contribution in [0.1, 0.15) is 29.2 Å². The van der Waals surface area contributed by atoms with Gasteiger partial charge in [0.05, 0.1) is 34.9 Å². The lowest BCUT2D eigenvalue weighted by Crippen LogP contribution is -2.05. The topological polar surface area (TPSA) is 118 Å². The van der Waals surface area contributed by atoms with Gasteiger partial charge >= 0.3 is 0 Å². The van der Waals surface area contributed by atoms with Gasteiger partial charge in [-0.25, -0.2) is 9.97 Å². The minimum absolute atomic E-state index is 0.587. The summed E-state index contributed by atoms with van der Waals surface area (Å²) in [7, 11) is 0. The van der Waals surface area contributed by atoms with Gasteiger partial charge in [-0.05, 0) is 121 Å². The fourth-order valence-corrected chi connectivity index (χ4v) is 6.04. The number of nitrogens with one attached hydrogen (secondary N) is 2. The maximum Gasteiger partial charge on any atom is 0.119 e. The Balaban J connectivity index is 1.46. The molecule has 0 saturated carbocycles. The molecule has 8 heteroatoms. The summed E-state index contributed by atoms with van der Waals surface area (Å²) in [5.74, 6) is 0.813. The lowest BCUT2D eigenvalue weighted by atomic mass is 9.99. The Morgan fingerprint density at radius 1 is 0.596 bits per heavy atom. The predicted molar refractivity (Wildman–Crippen MR) is 190 cm³/mol. The summed E-state index contributed by atoms with van der Waals surface area (Å²) >= 11 is 0. The lowest BCUT2D eigenvalue weighted by molar-refractivity contribution is 0.313. The minimum atomic E-state index is 0.587. The van der Waals surface area contributed by atoms with E-state index in [1.807, 2.05) is 73.3 Å². The average molecular weight is 614 g/mol. The monoisotopic (exact) mass is 613 g/mol. The van der Waals surface area contributed by atoms with Gasteiger partial charge < -0.3 is 20.4 Å². The van der Waals surface area contributed by atoms with Crippen LogP contribution in [0.3, 0.4) is 0 Å². The van der Waals surface area contributed by atoms with Crippen LogP contribution in [0.4, 0.5) is 0 Å². The first-order valence-corrected chi connectivity index (χ1v) is 15.6. The number of aromatic amines is 2. The number of ether oxygens (including phenoxy) is 1. The van der Waals surface area contributed by atoms with Gasteiger partial charge in [-0.15, -0.1) is 0 Å². The maximum absolute atomic E-state index is 5.90. The van der Waals surface area contributed by atoms with Crippen molar-refractivity contribution in [1.29, 1.82) is 0 Å². The first-order chi connectivity index (χ1) is 23.2. The molecule has 0 spiro atoms. The molecule has 4 N–H and O–H groups in total. The molecule has 2 aliphatic rings. The number of pyridine rings is 2. The molecule has 0 aliphatic carbocycles. The van der Waals surface area contributed by atoms with E-state index < -0.39 is 0 Å². The Bertz CT molecular complexity index is 2300. The van der Waals surface area contributed by atoms with Crippen LogP contribution < -0.4 is 10.5 Å². The average Bonchev–Trinajstić information content (AvgIpc) is 3.93. The largest absolute Gasteiger partial charge is 0.494 e. The normalized spacial score (nSPS) is 12.0. The molecule has 6 aromatic rings. The molecule has 0 saturated heterocycles. The van der Waals surface area contributed by atoms with Crippen LogP contribution >= 0.6 is 0 Å². The van der Waals surface area contributed by atoms with Crippen molar-refractivity contribution < 1.29 is 4.74 Å². The Hall–Kier alpha value is -6.12. The first-order valence-electron chi connectivity index (χ1n) is 15.6. The minimum Gasteiger partial charge on any atom is -0.494 e. The Kier molecular flexibility index (Phi) is 7.45. The van der Waals surface area contributed by atoms with Gasteiger partial charge in [-0.1, -0.05) is 12.1 Å². The van der Waals surface area contributed by atoms with Crippen LogP contribution in [0.5, 0.6) is 5.75 Å². The Morgan fingerprint density at radius 3 is 1.96 bits per heavy atom. The number of nitrogens with zero attached hydrogens (tertiary/aromatic N) is 4. The molecular formula is C39H31N7O. The molecule has 0 fully saturated rings. The number of rotatable bonds is 7. The number of H-pyrrole nitrogens is 2. The molecule has 2 aliphatic heterocycles. The molecular weight excluding hydrogens is 582 g/mol. The molecule has 8 bridgehead atoms. The molecule has 0 amide bonds. The van der Waals surface area contributed by atoms with Crippen molar-refractivity contribution in [3.63, 3.8) is 0 Å². The van der Waals surface area contributed by atoms with Gasteiger partial charge in [0.2, 0.25) is 0 Å². The van der Waals surface area contributed by atoms with Crippen LogP contribution in [0.15, 0.2) is 104 Å². The predicted octanol–water partition coefficient (Wildman–Crippen LogP) is 8.17. The second-order valence-corrected chi connectivity index (χ2v) is 11.4. The standard InChI is InChI=1S/C39H31N7O/c40-16-1-21-47-32-7-2-25(3-8-32)33-24-31-23-29-5-4-28(43-29)22-30-6-9-34(44-30)37(26-12-17-41-18-13-26)35-10-11-36(46-35)38(39(33)45-31)27-14-19-42-20-15-27/h2-15,17-20,22-24,44-45H,1,16,21,40H2. The Morgan fingerprint density at radius 2 is 1.26 bits per heavy atom. The van der Waals surface area contributed by atoms with Gasteiger partial charge in [0.25, 0.3) is 0 Å². The van der Waals surface area contributed by atoms with Crippen LogP contribution in [0, 0.1) is 0 Å². The van der Waals surface area contributed by atoms with Gasteiger partial charge in [-0.3, -0.25) is 9.97 Å². The summed E-state index contributed by atoms with van der Waals surface area (Å²) < 4.78 is 5.90. The van der Waals surface area contributed by atoms with E-state index in [4.69, 9.17) is 20.4 Å². The van der Waals surface area contributed by atoms with Crippen molar-refractivity contribution in [3.05, 3.63) is 126 Å². The number of fused-ring (bicyclic) bond motifs is 8. The van der Waals surface area contributed by atoms with Gasteiger partial charge in [-0.2, -0.15) is 0 Å². The zero-order valence-electron chi connectivity index (χ0n) is 25.5. The van der Waals surface area contributed by atoms with E-state index in [1.165, 1.54) is 0 Å². The SMILES string of the molecule is NCCCOc1ccc(-c2cc3cc4nc(cc5ccc([nH]5)c(-c5ccncc5)c5nc(c(-c6ccncc6)c2[nH]3)C=C5)C=C4)cc1. The van der Waals surface area contributed by atoms with E-state index in [1.54, 1.807) is 0 Å². The van der Waals surface area contributed by atoms with E-state index in [0.717, 1.165) is 90.4 Å². The maximum atomic E-state index is 5.90. The number of aromatic nitrogens is 6.